The molecule has 1 atom stereocenters. The highest BCUT2D eigenvalue weighted by Crippen LogP contribution is 2.25. The number of ether oxygens (including phenoxy) is 1. The summed E-state index contributed by atoms with van der Waals surface area (Å²) in [6.07, 6.45) is 6.95. The molecule has 0 radical (unpaired) electrons. The second-order valence-corrected chi connectivity index (χ2v) is 9.75. The molecule has 0 bridgehead atoms. The lowest BCUT2D eigenvalue weighted by molar-refractivity contribution is -0.134. The molecule has 8 heteroatoms. The Morgan fingerprint density at radius 1 is 0.966 bits per heavy atom. The third-order valence-electron chi connectivity index (χ3n) is 5.72. The van der Waals surface area contributed by atoms with E-state index >= 15 is 0 Å². The van der Waals surface area contributed by atoms with Crippen molar-refractivity contribution in [2.45, 2.75) is 62.8 Å². The SMILES string of the molecule is C[C@@H]1CCCCN1S(=O)(=O)c1ccc(C(=O)OCC(=O)N2CCCCCC2)cc1. The van der Waals surface area contributed by atoms with E-state index in [-0.39, 0.29) is 29.0 Å². The zero-order valence-corrected chi connectivity index (χ0v) is 17.8. The number of rotatable bonds is 5. The monoisotopic (exact) mass is 422 g/mol. The molecule has 1 aromatic rings. The normalized spacial score (nSPS) is 21.4. The average molecular weight is 423 g/mol. The predicted octanol–water partition coefficient (Wildman–Crippen LogP) is 2.81. The summed E-state index contributed by atoms with van der Waals surface area (Å²) < 4.78 is 32.4. The van der Waals surface area contributed by atoms with Crippen molar-refractivity contribution in [3.8, 4) is 0 Å². The van der Waals surface area contributed by atoms with E-state index in [4.69, 9.17) is 4.74 Å². The highest BCUT2D eigenvalue weighted by atomic mass is 32.2. The third kappa shape index (κ3) is 5.36. The summed E-state index contributed by atoms with van der Waals surface area (Å²) in [7, 11) is -3.58. The molecule has 0 spiro atoms. The van der Waals surface area contributed by atoms with Crippen molar-refractivity contribution in [2.24, 2.45) is 0 Å². The summed E-state index contributed by atoms with van der Waals surface area (Å²) >= 11 is 0. The van der Waals surface area contributed by atoms with E-state index in [1.807, 2.05) is 6.92 Å². The van der Waals surface area contributed by atoms with E-state index in [1.165, 1.54) is 28.6 Å². The number of hydrogen-bond donors (Lipinski definition) is 0. The smallest absolute Gasteiger partial charge is 0.338 e. The lowest BCUT2D eigenvalue weighted by atomic mass is 10.1. The van der Waals surface area contributed by atoms with Crippen LogP contribution in [0.5, 0.6) is 0 Å². The highest BCUT2D eigenvalue weighted by Gasteiger charge is 2.31. The van der Waals surface area contributed by atoms with Crippen molar-refractivity contribution < 1.29 is 22.7 Å². The number of esters is 1. The van der Waals surface area contributed by atoms with Gasteiger partial charge in [-0.25, -0.2) is 13.2 Å². The maximum atomic E-state index is 12.9. The summed E-state index contributed by atoms with van der Waals surface area (Å²) in [6, 6.07) is 5.73. The third-order valence-corrected chi connectivity index (χ3v) is 7.75. The van der Waals surface area contributed by atoms with Gasteiger partial charge in [0.2, 0.25) is 10.0 Å². The van der Waals surface area contributed by atoms with E-state index in [1.54, 1.807) is 4.90 Å². The summed E-state index contributed by atoms with van der Waals surface area (Å²) in [5.41, 5.74) is 0.235. The van der Waals surface area contributed by atoms with E-state index in [2.05, 4.69) is 0 Å². The Hall–Kier alpha value is -1.93. The fraction of sp³-hybridized carbons (Fsp3) is 0.619. The first-order valence-electron chi connectivity index (χ1n) is 10.5. The fourth-order valence-corrected chi connectivity index (χ4v) is 5.65. The lowest BCUT2D eigenvalue weighted by Gasteiger charge is -2.32. The van der Waals surface area contributed by atoms with Crippen molar-refractivity contribution in [1.29, 1.82) is 0 Å². The largest absolute Gasteiger partial charge is 0.452 e. The second kappa shape index (κ2) is 9.71. The Balaban J connectivity index is 1.59. The van der Waals surface area contributed by atoms with Gasteiger partial charge in [-0.3, -0.25) is 4.79 Å². The first-order chi connectivity index (χ1) is 13.9. The van der Waals surface area contributed by atoms with Crippen molar-refractivity contribution in [3.05, 3.63) is 29.8 Å². The molecule has 0 saturated carbocycles. The van der Waals surface area contributed by atoms with Crippen LogP contribution in [0.2, 0.25) is 0 Å². The molecule has 0 aromatic heterocycles. The van der Waals surface area contributed by atoms with Crippen LogP contribution in [0, 0.1) is 0 Å². The van der Waals surface area contributed by atoms with Crippen molar-refractivity contribution >= 4 is 21.9 Å². The lowest BCUT2D eigenvalue weighted by Crippen LogP contribution is -2.41. The van der Waals surface area contributed by atoms with Gasteiger partial charge in [0.1, 0.15) is 0 Å². The number of nitrogens with zero attached hydrogens (tertiary/aromatic N) is 2. The van der Waals surface area contributed by atoms with Crippen LogP contribution in [0.1, 0.15) is 62.2 Å². The second-order valence-electron chi connectivity index (χ2n) is 7.86. The summed E-state index contributed by atoms with van der Waals surface area (Å²) in [4.78, 5) is 26.4. The molecule has 0 unspecified atom stereocenters. The Kier molecular flexibility index (Phi) is 7.29. The molecular formula is C21H30N2O5S. The minimum atomic E-state index is -3.58. The Morgan fingerprint density at radius 3 is 2.21 bits per heavy atom. The zero-order valence-electron chi connectivity index (χ0n) is 17.0. The number of sulfonamides is 1. The minimum absolute atomic E-state index is 0.0246. The average Bonchev–Trinajstić information content (AvgIpc) is 3.01. The number of piperidine rings is 1. The first-order valence-corrected chi connectivity index (χ1v) is 11.9. The van der Waals surface area contributed by atoms with Crippen molar-refractivity contribution in [3.63, 3.8) is 0 Å². The first kappa shape index (κ1) is 21.8. The molecule has 1 aromatic carbocycles. The molecule has 1 amide bonds. The topological polar surface area (TPSA) is 84.0 Å². The van der Waals surface area contributed by atoms with Crippen LogP contribution >= 0.6 is 0 Å². The number of hydrogen-bond acceptors (Lipinski definition) is 5. The van der Waals surface area contributed by atoms with E-state index < -0.39 is 16.0 Å². The van der Waals surface area contributed by atoms with Crippen molar-refractivity contribution in [2.75, 3.05) is 26.2 Å². The van der Waals surface area contributed by atoms with E-state index in [0.29, 0.717) is 19.6 Å². The van der Waals surface area contributed by atoms with Crippen LogP contribution in [0.25, 0.3) is 0 Å². The quantitative estimate of drug-likeness (QED) is 0.682. The fourth-order valence-electron chi connectivity index (χ4n) is 3.95. The van der Waals surface area contributed by atoms with Crippen LogP contribution in [0.3, 0.4) is 0 Å². The molecule has 7 nitrogen and oxygen atoms in total. The van der Waals surface area contributed by atoms with Gasteiger partial charge in [0.15, 0.2) is 6.61 Å². The van der Waals surface area contributed by atoms with Gasteiger partial charge in [-0.2, -0.15) is 4.31 Å². The number of carbonyl (C=O) groups is 2. The molecule has 2 aliphatic heterocycles. The van der Waals surface area contributed by atoms with Crippen LogP contribution < -0.4 is 0 Å². The summed E-state index contributed by atoms with van der Waals surface area (Å²) in [5, 5.41) is 0. The predicted molar refractivity (Wildman–Crippen MR) is 109 cm³/mol. The number of carbonyl (C=O) groups excluding carboxylic acids is 2. The molecule has 0 aliphatic carbocycles. The molecular weight excluding hydrogens is 392 g/mol. The maximum Gasteiger partial charge on any atom is 0.338 e. The summed E-state index contributed by atoms with van der Waals surface area (Å²) in [6.45, 7) is 3.57. The van der Waals surface area contributed by atoms with Crippen LogP contribution in [0.15, 0.2) is 29.2 Å². The van der Waals surface area contributed by atoms with Gasteiger partial charge < -0.3 is 9.64 Å². The maximum absolute atomic E-state index is 12.9. The molecule has 2 heterocycles. The van der Waals surface area contributed by atoms with E-state index in [9.17, 15) is 18.0 Å². The minimum Gasteiger partial charge on any atom is -0.452 e. The summed E-state index contributed by atoms with van der Waals surface area (Å²) in [5.74, 6) is -0.804. The number of benzene rings is 1. The molecule has 29 heavy (non-hydrogen) atoms. The number of likely N-dealkylation sites (tertiary alicyclic amines) is 1. The van der Waals surface area contributed by atoms with Crippen LogP contribution in [-0.4, -0.2) is 61.8 Å². The van der Waals surface area contributed by atoms with Gasteiger partial charge in [0, 0.05) is 25.7 Å². The van der Waals surface area contributed by atoms with Crippen LogP contribution in [0.4, 0.5) is 0 Å². The zero-order chi connectivity index (χ0) is 20.9. The molecule has 2 aliphatic rings. The van der Waals surface area contributed by atoms with Gasteiger partial charge in [-0.15, -0.1) is 0 Å². The van der Waals surface area contributed by atoms with Crippen molar-refractivity contribution in [1.82, 2.24) is 9.21 Å². The molecule has 160 valence electrons. The van der Waals surface area contributed by atoms with E-state index in [0.717, 1.165) is 44.9 Å². The standard InChI is InChI=1S/C21H30N2O5S/c1-17-8-4-7-15-23(17)29(26,27)19-11-9-18(10-12-19)21(25)28-16-20(24)22-13-5-2-3-6-14-22/h9-12,17H,2-8,13-16H2,1H3/t17-/m1/s1. The molecule has 2 fully saturated rings. The van der Waals surface area contributed by atoms with Gasteiger partial charge in [0.05, 0.1) is 10.5 Å². The van der Waals surface area contributed by atoms with Gasteiger partial charge >= 0.3 is 5.97 Å². The molecule has 3 rings (SSSR count). The van der Waals surface area contributed by atoms with Gasteiger partial charge in [0.25, 0.3) is 5.91 Å². The van der Waals surface area contributed by atoms with Gasteiger partial charge in [-0.1, -0.05) is 19.3 Å². The van der Waals surface area contributed by atoms with Crippen LogP contribution in [-0.2, 0) is 19.6 Å². The Bertz CT molecular complexity index is 814. The van der Waals surface area contributed by atoms with Gasteiger partial charge in [-0.05, 0) is 56.9 Å². The highest BCUT2D eigenvalue weighted by molar-refractivity contribution is 7.89. The molecule has 2 saturated heterocycles. The Labute approximate surface area is 173 Å². The Morgan fingerprint density at radius 2 is 1.59 bits per heavy atom. The number of amides is 1. The molecule has 0 N–H and O–H groups in total.